The van der Waals surface area contributed by atoms with E-state index in [2.05, 4.69) is 16.6 Å². The van der Waals surface area contributed by atoms with Crippen molar-refractivity contribution in [3.63, 3.8) is 0 Å². The topological polar surface area (TPSA) is 66.4 Å². The average molecular weight is 307 g/mol. The summed E-state index contributed by atoms with van der Waals surface area (Å²) in [6.45, 7) is 0.246. The van der Waals surface area contributed by atoms with Crippen LogP contribution in [0, 0.1) is 17.8 Å². The van der Waals surface area contributed by atoms with Crippen LogP contribution < -0.4 is 4.72 Å². The number of nitrogens with one attached hydrogen (secondary N) is 1. The Morgan fingerprint density at radius 3 is 2.76 bits per heavy atom. The van der Waals surface area contributed by atoms with E-state index in [1.54, 1.807) is 18.2 Å². The second-order valence-corrected chi connectivity index (χ2v) is 7.09. The Morgan fingerprint density at radius 2 is 2.05 bits per heavy atom. The van der Waals surface area contributed by atoms with Gasteiger partial charge < -0.3 is 5.11 Å². The molecule has 0 atom stereocenters. The summed E-state index contributed by atoms with van der Waals surface area (Å²) < 4.78 is 27.1. The van der Waals surface area contributed by atoms with Gasteiger partial charge in [-0.25, -0.2) is 13.1 Å². The highest BCUT2D eigenvalue weighted by Crippen LogP contribution is 2.27. The summed E-state index contributed by atoms with van der Waals surface area (Å²) in [5, 5.41) is 8.67. The maximum absolute atomic E-state index is 12.2. The summed E-state index contributed by atoms with van der Waals surface area (Å²) in [6.07, 6.45) is 5.87. The standard InChI is InChI=1S/C16H21NO3S/c18-12-4-8-15-7-3-9-16(13-15)21(19,20)17-11-10-14-5-1-2-6-14/h3,7,9,13-14,17-18H,1-2,5-6,10-12H2. The molecule has 0 aliphatic heterocycles. The number of aliphatic hydroxyl groups excluding tert-OH is 1. The van der Waals surface area contributed by atoms with Gasteiger partial charge in [0.15, 0.2) is 0 Å². The van der Waals surface area contributed by atoms with Gasteiger partial charge in [-0.15, -0.1) is 0 Å². The third-order valence-electron chi connectivity index (χ3n) is 3.78. The second kappa shape index (κ2) is 7.60. The molecule has 1 saturated carbocycles. The lowest BCUT2D eigenvalue weighted by Gasteiger charge is -2.10. The van der Waals surface area contributed by atoms with E-state index in [1.165, 1.54) is 31.7 Å². The van der Waals surface area contributed by atoms with Crippen molar-refractivity contribution in [3.05, 3.63) is 29.8 Å². The van der Waals surface area contributed by atoms with Crippen molar-refractivity contribution < 1.29 is 13.5 Å². The molecule has 1 aromatic carbocycles. The number of hydrogen-bond acceptors (Lipinski definition) is 3. The van der Waals surface area contributed by atoms with Gasteiger partial charge >= 0.3 is 0 Å². The van der Waals surface area contributed by atoms with Crippen LogP contribution >= 0.6 is 0 Å². The predicted octanol–water partition coefficient (Wildman–Crippen LogP) is 1.89. The molecule has 0 aromatic heterocycles. The minimum Gasteiger partial charge on any atom is -0.384 e. The molecule has 21 heavy (non-hydrogen) atoms. The maximum Gasteiger partial charge on any atom is 0.240 e. The molecule has 5 heteroatoms. The Morgan fingerprint density at radius 1 is 1.29 bits per heavy atom. The fourth-order valence-corrected chi connectivity index (χ4v) is 3.76. The number of sulfonamides is 1. The van der Waals surface area contributed by atoms with Gasteiger partial charge in [0.25, 0.3) is 0 Å². The minimum atomic E-state index is -3.48. The van der Waals surface area contributed by atoms with E-state index >= 15 is 0 Å². The predicted molar refractivity (Wildman–Crippen MR) is 82.2 cm³/mol. The fourth-order valence-electron chi connectivity index (χ4n) is 2.66. The molecular formula is C16H21NO3S. The first-order valence-electron chi connectivity index (χ1n) is 7.31. The van der Waals surface area contributed by atoms with Crippen LogP contribution in [0.25, 0.3) is 0 Å². The first-order chi connectivity index (χ1) is 10.1. The highest BCUT2D eigenvalue weighted by atomic mass is 32.2. The first-order valence-corrected chi connectivity index (χ1v) is 8.79. The van der Waals surface area contributed by atoms with Gasteiger partial charge in [0, 0.05) is 12.1 Å². The van der Waals surface area contributed by atoms with Gasteiger partial charge in [-0.2, -0.15) is 0 Å². The van der Waals surface area contributed by atoms with Crippen molar-refractivity contribution in [1.82, 2.24) is 4.72 Å². The minimum absolute atomic E-state index is 0.221. The molecular weight excluding hydrogens is 286 g/mol. The van der Waals surface area contributed by atoms with Crippen molar-refractivity contribution in [2.75, 3.05) is 13.2 Å². The van der Waals surface area contributed by atoms with Crippen LogP contribution in [-0.4, -0.2) is 26.7 Å². The summed E-state index contributed by atoms with van der Waals surface area (Å²) in [5.74, 6) is 5.89. The number of hydrogen-bond donors (Lipinski definition) is 2. The van der Waals surface area contributed by atoms with Crippen LogP contribution in [0.2, 0.25) is 0 Å². The Kier molecular flexibility index (Phi) is 5.80. The third kappa shape index (κ3) is 4.85. The average Bonchev–Trinajstić information content (AvgIpc) is 2.98. The number of benzene rings is 1. The zero-order chi connectivity index (χ0) is 15.1. The summed E-state index contributed by atoms with van der Waals surface area (Å²) in [6, 6.07) is 6.47. The molecule has 2 rings (SSSR count). The Hall–Kier alpha value is -1.35. The molecule has 0 spiro atoms. The van der Waals surface area contributed by atoms with E-state index in [1.807, 2.05) is 0 Å². The van der Waals surface area contributed by atoms with Crippen LogP contribution in [0.1, 0.15) is 37.7 Å². The van der Waals surface area contributed by atoms with Crippen molar-refractivity contribution in [1.29, 1.82) is 0 Å². The van der Waals surface area contributed by atoms with Crippen molar-refractivity contribution in [2.24, 2.45) is 5.92 Å². The van der Waals surface area contributed by atoms with Crippen LogP contribution in [0.15, 0.2) is 29.2 Å². The van der Waals surface area contributed by atoms with Crippen molar-refractivity contribution in [2.45, 2.75) is 37.0 Å². The van der Waals surface area contributed by atoms with E-state index in [-0.39, 0.29) is 11.5 Å². The van der Waals surface area contributed by atoms with E-state index in [4.69, 9.17) is 5.11 Å². The summed E-state index contributed by atoms with van der Waals surface area (Å²) >= 11 is 0. The normalized spacial score (nSPS) is 15.7. The zero-order valence-corrected chi connectivity index (χ0v) is 12.8. The lowest BCUT2D eigenvalue weighted by molar-refractivity contribution is 0.350. The molecule has 0 radical (unpaired) electrons. The molecule has 2 N–H and O–H groups in total. The van der Waals surface area contributed by atoms with Crippen LogP contribution in [-0.2, 0) is 10.0 Å². The van der Waals surface area contributed by atoms with Crippen LogP contribution in [0.4, 0.5) is 0 Å². The van der Waals surface area contributed by atoms with Gasteiger partial charge in [-0.05, 0) is 30.5 Å². The van der Waals surface area contributed by atoms with Gasteiger partial charge in [0.2, 0.25) is 10.0 Å². The monoisotopic (exact) mass is 307 g/mol. The van der Waals surface area contributed by atoms with Crippen LogP contribution in [0.3, 0.4) is 0 Å². The third-order valence-corrected chi connectivity index (χ3v) is 5.23. The zero-order valence-electron chi connectivity index (χ0n) is 12.0. The molecule has 0 amide bonds. The maximum atomic E-state index is 12.2. The molecule has 0 heterocycles. The van der Waals surface area contributed by atoms with E-state index in [0.29, 0.717) is 18.0 Å². The number of rotatable bonds is 5. The Balaban J connectivity index is 1.97. The molecule has 4 nitrogen and oxygen atoms in total. The largest absolute Gasteiger partial charge is 0.384 e. The van der Waals surface area contributed by atoms with Crippen molar-refractivity contribution >= 4 is 10.0 Å². The molecule has 0 unspecified atom stereocenters. The highest BCUT2D eigenvalue weighted by molar-refractivity contribution is 7.89. The second-order valence-electron chi connectivity index (χ2n) is 5.32. The Bertz CT molecular complexity index is 622. The number of aliphatic hydroxyl groups is 1. The molecule has 114 valence electrons. The Labute approximate surface area is 126 Å². The van der Waals surface area contributed by atoms with Crippen LogP contribution in [0.5, 0.6) is 0 Å². The van der Waals surface area contributed by atoms with Crippen molar-refractivity contribution in [3.8, 4) is 11.8 Å². The lowest BCUT2D eigenvalue weighted by atomic mass is 10.1. The summed E-state index contributed by atoms with van der Waals surface area (Å²) in [5.41, 5.74) is 0.586. The molecule has 0 saturated heterocycles. The van der Waals surface area contributed by atoms with Gasteiger partial charge in [-0.1, -0.05) is 43.6 Å². The molecule has 1 aliphatic carbocycles. The summed E-state index contributed by atoms with van der Waals surface area (Å²) in [4.78, 5) is 0.221. The lowest BCUT2D eigenvalue weighted by Crippen LogP contribution is -2.26. The van der Waals surface area contributed by atoms with Gasteiger partial charge in [-0.3, -0.25) is 0 Å². The fraction of sp³-hybridized carbons (Fsp3) is 0.500. The van der Waals surface area contributed by atoms with E-state index in [0.717, 1.165) is 6.42 Å². The first kappa shape index (κ1) is 16.0. The molecule has 1 fully saturated rings. The quantitative estimate of drug-likeness (QED) is 0.816. The SMILES string of the molecule is O=S(=O)(NCCC1CCCC1)c1cccc(C#CCO)c1. The smallest absolute Gasteiger partial charge is 0.240 e. The van der Waals surface area contributed by atoms with E-state index in [9.17, 15) is 8.42 Å². The highest BCUT2D eigenvalue weighted by Gasteiger charge is 2.17. The van der Waals surface area contributed by atoms with E-state index < -0.39 is 10.0 Å². The molecule has 1 aromatic rings. The van der Waals surface area contributed by atoms with Gasteiger partial charge in [0.1, 0.15) is 6.61 Å². The molecule has 0 bridgehead atoms. The molecule has 1 aliphatic rings. The van der Waals surface area contributed by atoms with Gasteiger partial charge in [0.05, 0.1) is 4.90 Å². The summed E-state index contributed by atoms with van der Waals surface area (Å²) in [7, 11) is -3.48.